The number of rotatable bonds is 5. The Bertz CT molecular complexity index is 470. The molecule has 114 valence electrons. The van der Waals surface area contributed by atoms with Gasteiger partial charge in [0.15, 0.2) is 6.04 Å². The van der Waals surface area contributed by atoms with Crippen molar-refractivity contribution in [3.8, 4) is 0 Å². The Morgan fingerprint density at radius 3 is 2.71 bits per heavy atom. The van der Waals surface area contributed by atoms with Crippen LogP contribution >= 0.6 is 0 Å². The van der Waals surface area contributed by atoms with E-state index in [1.807, 2.05) is 11.0 Å². The average Bonchev–Trinajstić information content (AvgIpc) is 2.74. The minimum atomic E-state index is -1.05. The lowest BCUT2D eigenvalue weighted by Crippen LogP contribution is -2.42. The van der Waals surface area contributed by atoms with Gasteiger partial charge >= 0.3 is 5.97 Å². The first-order valence-electron chi connectivity index (χ1n) is 7.17. The van der Waals surface area contributed by atoms with E-state index in [1.54, 1.807) is 24.3 Å². The lowest BCUT2D eigenvalue weighted by atomic mass is 10.1. The maximum Gasteiger partial charge on any atom is 0.330 e. The molecule has 1 aliphatic rings. The van der Waals surface area contributed by atoms with Crippen molar-refractivity contribution in [2.75, 3.05) is 32.7 Å². The van der Waals surface area contributed by atoms with Crippen LogP contribution in [0.4, 0.5) is 0 Å². The number of benzene rings is 1. The van der Waals surface area contributed by atoms with E-state index < -0.39 is 12.0 Å². The Kier molecular flexibility index (Phi) is 5.71. The molecule has 3 N–H and O–H groups in total. The molecule has 1 heterocycles. The molecular weight excluding hydrogens is 270 g/mol. The van der Waals surface area contributed by atoms with Gasteiger partial charge < -0.3 is 15.7 Å². The van der Waals surface area contributed by atoms with Crippen LogP contribution in [0.15, 0.2) is 30.3 Å². The Hall–Kier alpha value is -1.92. The third-order valence-corrected chi connectivity index (χ3v) is 3.49. The second-order valence-corrected chi connectivity index (χ2v) is 5.13. The summed E-state index contributed by atoms with van der Waals surface area (Å²) in [6, 6.07) is 7.75. The molecule has 1 fully saturated rings. The van der Waals surface area contributed by atoms with Gasteiger partial charge in [-0.2, -0.15) is 0 Å². The first-order valence-corrected chi connectivity index (χ1v) is 7.17. The zero-order chi connectivity index (χ0) is 15.1. The standard InChI is InChI=1S/C15H21N3O3/c19-13(11-18-9-4-7-16-8-10-18)17-14(15(20)21)12-5-2-1-3-6-12/h1-3,5-6,14,16H,4,7-11H2,(H,17,19)(H,20,21)/t14-/m1/s1. The van der Waals surface area contributed by atoms with Crippen molar-refractivity contribution in [2.45, 2.75) is 12.5 Å². The fourth-order valence-corrected chi connectivity index (χ4v) is 2.40. The Morgan fingerprint density at radius 1 is 1.24 bits per heavy atom. The van der Waals surface area contributed by atoms with Gasteiger partial charge in [-0.1, -0.05) is 30.3 Å². The number of hydrogen-bond acceptors (Lipinski definition) is 4. The van der Waals surface area contributed by atoms with Crippen molar-refractivity contribution in [1.82, 2.24) is 15.5 Å². The van der Waals surface area contributed by atoms with E-state index in [0.29, 0.717) is 5.56 Å². The normalized spacial score (nSPS) is 17.7. The van der Waals surface area contributed by atoms with Crippen LogP contribution in [0.3, 0.4) is 0 Å². The fourth-order valence-electron chi connectivity index (χ4n) is 2.40. The Morgan fingerprint density at radius 2 is 2.00 bits per heavy atom. The molecule has 1 aromatic rings. The monoisotopic (exact) mass is 291 g/mol. The SMILES string of the molecule is O=C(CN1CCCNCC1)N[C@@H](C(=O)O)c1ccccc1. The van der Waals surface area contributed by atoms with Gasteiger partial charge in [-0.05, 0) is 25.1 Å². The van der Waals surface area contributed by atoms with Crippen molar-refractivity contribution in [2.24, 2.45) is 0 Å². The average molecular weight is 291 g/mol. The molecule has 0 spiro atoms. The molecule has 0 saturated carbocycles. The van der Waals surface area contributed by atoms with Crippen molar-refractivity contribution in [3.05, 3.63) is 35.9 Å². The predicted molar refractivity (Wildman–Crippen MR) is 78.9 cm³/mol. The minimum Gasteiger partial charge on any atom is -0.479 e. The number of aliphatic carboxylic acids is 1. The number of nitrogens with zero attached hydrogens (tertiary/aromatic N) is 1. The number of carboxylic acids is 1. The van der Waals surface area contributed by atoms with Crippen LogP contribution in [-0.4, -0.2) is 54.6 Å². The van der Waals surface area contributed by atoms with E-state index in [9.17, 15) is 14.7 Å². The van der Waals surface area contributed by atoms with Gasteiger partial charge in [0, 0.05) is 13.1 Å². The quantitative estimate of drug-likeness (QED) is 0.723. The maximum atomic E-state index is 12.1. The summed E-state index contributed by atoms with van der Waals surface area (Å²) in [6.45, 7) is 3.70. The highest BCUT2D eigenvalue weighted by molar-refractivity contribution is 5.85. The van der Waals surface area contributed by atoms with Gasteiger partial charge in [-0.15, -0.1) is 0 Å². The molecule has 1 amide bonds. The van der Waals surface area contributed by atoms with E-state index in [0.717, 1.165) is 32.6 Å². The van der Waals surface area contributed by atoms with Crippen LogP contribution < -0.4 is 10.6 Å². The van der Waals surface area contributed by atoms with E-state index in [1.165, 1.54) is 0 Å². The van der Waals surface area contributed by atoms with Gasteiger partial charge in [0.25, 0.3) is 0 Å². The highest BCUT2D eigenvalue weighted by Crippen LogP contribution is 2.12. The molecule has 0 unspecified atom stereocenters. The molecule has 6 nitrogen and oxygen atoms in total. The molecule has 0 aromatic heterocycles. The maximum absolute atomic E-state index is 12.1. The van der Waals surface area contributed by atoms with E-state index in [4.69, 9.17) is 0 Å². The second-order valence-electron chi connectivity index (χ2n) is 5.13. The highest BCUT2D eigenvalue weighted by atomic mass is 16.4. The molecule has 2 rings (SSSR count). The zero-order valence-electron chi connectivity index (χ0n) is 11.9. The topological polar surface area (TPSA) is 81.7 Å². The summed E-state index contributed by atoms with van der Waals surface area (Å²) in [4.78, 5) is 25.5. The van der Waals surface area contributed by atoms with Gasteiger partial charge in [-0.3, -0.25) is 9.69 Å². The van der Waals surface area contributed by atoms with Crippen LogP contribution in [0.25, 0.3) is 0 Å². The highest BCUT2D eigenvalue weighted by Gasteiger charge is 2.22. The number of amides is 1. The van der Waals surface area contributed by atoms with Gasteiger partial charge in [-0.25, -0.2) is 4.79 Å². The van der Waals surface area contributed by atoms with Gasteiger partial charge in [0.05, 0.1) is 6.54 Å². The molecule has 1 aliphatic heterocycles. The molecule has 0 radical (unpaired) electrons. The summed E-state index contributed by atoms with van der Waals surface area (Å²) in [5.74, 6) is -1.31. The zero-order valence-corrected chi connectivity index (χ0v) is 11.9. The third kappa shape index (κ3) is 4.84. The fraction of sp³-hybridized carbons (Fsp3) is 0.467. The van der Waals surface area contributed by atoms with E-state index >= 15 is 0 Å². The summed E-state index contributed by atoms with van der Waals surface area (Å²) in [5, 5.41) is 15.2. The summed E-state index contributed by atoms with van der Waals surface area (Å²) in [6.07, 6.45) is 0.994. The molecule has 0 bridgehead atoms. The summed E-state index contributed by atoms with van der Waals surface area (Å²) < 4.78 is 0. The van der Waals surface area contributed by atoms with Crippen molar-refractivity contribution >= 4 is 11.9 Å². The third-order valence-electron chi connectivity index (χ3n) is 3.49. The van der Waals surface area contributed by atoms with Crippen LogP contribution in [0.2, 0.25) is 0 Å². The Labute approximate surface area is 124 Å². The molecule has 21 heavy (non-hydrogen) atoms. The van der Waals surface area contributed by atoms with Gasteiger partial charge in [0.1, 0.15) is 0 Å². The lowest BCUT2D eigenvalue weighted by Gasteiger charge is -2.21. The number of carbonyl (C=O) groups is 2. The Balaban J connectivity index is 1.94. The predicted octanol–water partition coefficient (Wildman–Crippen LogP) is 0.224. The van der Waals surface area contributed by atoms with Crippen LogP contribution in [0.5, 0.6) is 0 Å². The van der Waals surface area contributed by atoms with Crippen LogP contribution in [0, 0.1) is 0 Å². The second kappa shape index (κ2) is 7.75. The summed E-state index contributed by atoms with van der Waals surface area (Å²) in [7, 11) is 0. The number of carboxylic acid groups (broad SMARTS) is 1. The smallest absolute Gasteiger partial charge is 0.330 e. The van der Waals surface area contributed by atoms with Crippen LogP contribution in [-0.2, 0) is 9.59 Å². The van der Waals surface area contributed by atoms with E-state index in [-0.39, 0.29) is 12.5 Å². The molecule has 1 atom stereocenters. The molecule has 6 heteroatoms. The molecular formula is C15H21N3O3. The van der Waals surface area contributed by atoms with Crippen LogP contribution in [0.1, 0.15) is 18.0 Å². The number of hydrogen-bond donors (Lipinski definition) is 3. The summed E-state index contributed by atoms with van der Waals surface area (Å²) >= 11 is 0. The van der Waals surface area contributed by atoms with Crippen molar-refractivity contribution in [1.29, 1.82) is 0 Å². The first-order chi connectivity index (χ1) is 10.2. The van der Waals surface area contributed by atoms with Gasteiger partial charge in [0.2, 0.25) is 5.91 Å². The van der Waals surface area contributed by atoms with E-state index in [2.05, 4.69) is 10.6 Å². The summed E-state index contributed by atoms with van der Waals surface area (Å²) in [5.41, 5.74) is 0.580. The molecule has 0 aliphatic carbocycles. The lowest BCUT2D eigenvalue weighted by molar-refractivity contribution is -0.142. The van der Waals surface area contributed by atoms with Crippen molar-refractivity contribution in [3.63, 3.8) is 0 Å². The molecule has 1 saturated heterocycles. The minimum absolute atomic E-state index is 0.234. The number of nitrogens with one attached hydrogen (secondary N) is 2. The molecule has 1 aromatic carbocycles. The number of carbonyl (C=O) groups excluding carboxylic acids is 1. The van der Waals surface area contributed by atoms with Crippen molar-refractivity contribution < 1.29 is 14.7 Å². The largest absolute Gasteiger partial charge is 0.479 e. The first kappa shape index (κ1) is 15.5.